The van der Waals surface area contributed by atoms with Crippen molar-refractivity contribution in [3.8, 4) is 0 Å². The molecule has 6 heteroatoms. The van der Waals surface area contributed by atoms with Crippen LogP contribution in [0.5, 0.6) is 0 Å². The van der Waals surface area contributed by atoms with Gasteiger partial charge in [-0.25, -0.2) is 8.42 Å². The van der Waals surface area contributed by atoms with E-state index < -0.39 is 26.7 Å². The second-order valence-corrected chi connectivity index (χ2v) is 7.66. The van der Waals surface area contributed by atoms with Crippen LogP contribution >= 0.6 is 0 Å². The number of amides is 1. The molecule has 0 heterocycles. The summed E-state index contributed by atoms with van der Waals surface area (Å²) in [5, 5.41) is -0.536. The van der Waals surface area contributed by atoms with Gasteiger partial charge < -0.3 is 10.6 Å². The Kier molecular flexibility index (Phi) is 5.16. The average molecular weight is 298 g/mol. The van der Waals surface area contributed by atoms with Crippen LogP contribution in [-0.2, 0) is 14.6 Å². The first-order chi connectivity index (χ1) is 9.15. The number of anilines is 2. The molecule has 0 aliphatic carbocycles. The third-order valence-electron chi connectivity index (χ3n) is 3.48. The van der Waals surface area contributed by atoms with Crippen molar-refractivity contribution in [2.45, 2.75) is 26.0 Å². The molecule has 5 nitrogen and oxygen atoms in total. The third-order valence-corrected chi connectivity index (χ3v) is 5.81. The van der Waals surface area contributed by atoms with Crippen LogP contribution in [0.3, 0.4) is 0 Å². The zero-order valence-corrected chi connectivity index (χ0v) is 13.1. The van der Waals surface area contributed by atoms with Crippen LogP contribution in [0.2, 0.25) is 0 Å². The van der Waals surface area contributed by atoms with Crippen molar-refractivity contribution in [3.63, 3.8) is 0 Å². The second kappa shape index (κ2) is 6.26. The van der Waals surface area contributed by atoms with Crippen LogP contribution < -0.4 is 10.6 Å². The molecule has 0 aliphatic heterocycles. The summed E-state index contributed by atoms with van der Waals surface area (Å²) in [6.45, 7) is 5.29. The van der Waals surface area contributed by atoms with Gasteiger partial charge in [-0.3, -0.25) is 4.79 Å². The van der Waals surface area contributed by atoms with E-state index in [1.165, 1.54) is 4.90 Å². The number of hydrogen-bond acceptors (Lipinski definition) is 4. The smallest absolute Gasteiger partial charge is 0.241 e. The summed E-state index contributed by atoms with van der Waals surface area (Å²) in [6, 6.07) is 6.71. The summed E-state index contributed by atoms with van der Waals surface area (Å²) in [5.41, 5.74) is 6.79. The molecule has 0 bridgehead atoms. The highest BCUT2D eigenvalue weighted by atomic mass is 32.2. The van der Waals surface area contributed by atoms with E-state index in [0.717, 1.165) is 0 Å². The fourth-order valence-electron chi connectivity index (χ4n) is 1.66. The minimum atomic E-state index is -3.44. The molecule has 0 saturated heterocycles. The molecule has 1 aromatic carbocycles. The maximum atomic E-state index is 12.1. The van der Waals surface area contributed by atoms with Crippen molar-refractivity contribution in [2.24, 2.45) is 5.92 Å². The lowest BCUT2D eigenvalue weighted by Gasteiger charge is -2.20. The van der Waals surface area contributed by atoms with Gasteiger partial charge in [0.25, 0.3) is 0 Å². The van der Waals surface area contributed by atoms with Crippen molar-refractivity contribution < 1.29 is 13.2 Å². The number of nitrogens with two attached hydrogens (primary N) is 1. The van der Waals surface area contributed by atoms with E-state index in [9.17, 15) is 13.2 Å². The van der Waals surface area contributed by atoms with Gasteiger partial charge in [-0.1, -0.05) is 13.8 Å². The maximum Gasteiger partial charge on any atom is 0.241 e. The van der Waals surface area contributed by atoms with Gasteiger partial charge in [0.1, 0.15) is 5.75 Å². The molecule has 0 aromatic heterocycles. The fraction of sp³-hybridized carbons (Fsp3) is 0.500. The predicted octanol–water partition coefficient (Wildman–Crippen LogP) is 1.69. The second-order valence-electron chi connectivity index (χ2n) is 5.30. The molecule has 112 valence electrons. The van der Waals surface area contributed by atoms with Gasteiger partial charge in [-0.2, -0.15) is 0 Å². The lowest BCUT2D eigenvalue weighted by atomic mass is 10.2. The van der Waals surface area contributed by atoms with Crippen LogP contribution in [0.25, 0.3) is 0 Å². The number of carbonyl (C=O) groups excluding carboxylic acids is 1. The van der Waals surface area contributed by atoms with E-state index in [0.29, 0.717) is 11.4 Å². The van der Waals surface area contributed by atoms with Crippen LogP contribution in [0.1, 0.15) is 20.8 Å². The molecule has 0 radical (unpaired) electrons. The lowest BCUT2D eigenvalue weighted by Crippen LogP contribution is -2.37. The number of nitrogens with zero attached hydrogens (tertiary/aromatic N) is 1. The minimum absolute atomic E-state index is 0.0189. The largest absolute Gasteiger partial charge is 0.399 e. The number of hydrogen-bond donors (Lipinski definition) is 1. The predicted molar refractivity (Wildman–Crippen MR) is 82.4 cm³/mol. The third kappa shape index (κ3) is 3.96. The normalized spacial score (nSPS) is 13.2. The maximum absolute atomic E-state index is 12.1. The summed E-state index contributed by atoms with van der Waals surface area (Å²) in [7, 11) is -1.88. The van der Waals surface area contributed by atoms with Gasteiger partial charge in [0.2, 0.25) is 5.91 Å². The molecular weight excluding hydrogens is 276 g/mol. The van der Waals surface area contributed by atoms with Gasteiger partial charge in [0, 0.05) is 18.4 Å². The summed E-state index contributed by atoms with van der Waals surface area (Å²) in [4.78, 5) is 13.4. The lowest BCUT2D eigenvalue weighted by molar-refractivity contribution is -0.115. The van der Waals surface area contributed by atoms with E-state index in [1.807, 2.05) is 13.8 Å². The topological polar surface area (TPSA) is 80.5 Å². The molecule has 0 aliphatic rings. The number of nitrogen functional groups attached to an aromatic ring is 1. The van der Waals surface area contributed by atoms with Gasteiger partial charge in [-0.15, -0.1) is 0 Å². The highest BCUT2D eigenvalue weighted by molar-refractivity contribution is 7.92. The van der Waals surface area contributed by atoms with Gasteiger partial charge in [0.15, 0.2) is 9.84 Å². The van der Waals surface area contributed by atoms with Crippen molar-refractivity contribution in [1.82, 2.24) is 0 Å². The molecule has 1 unspecified atom stereocenters. The molecule has 1 amide bonds. The molecule has 0 saturated carbocycles. The van der Waals surface area contributed by atoms with E-state index in [-0.39, 0.29) is 5.92 Å². The van der Waals surface area contributed by atoms with Gasteiger partial charge >= 0.3 is 0 Å². The minimum Gasteiger partial charge on any atom is -0.399 e. The highest BCUT2D eigenvalue weighted by Gasteiger charge is 2.28. The van der Waals surface area contributed by atoms with Crippen molar-refractivity contribution in [2.75, 3.05) is 23.4 Å². The molecule has 20 heavy (non-hydrogen) atoms. The fourth-order valence-corrected chi connectivity index (χ4v) is 3.29. The van der Waals surface area contributed by atoms with E-state index in [4.69, 9.17) is 5.73 Å². The molecule has 1 atom stereocenters. The van der Waals surface area contributed by atoms with Crippen molar-refractivity contribution in [1.29, 1.82) is 0 Å². The Bertz CT molecular complexity index is 565. The average Bonchev–Trinajstić information content (AvgIpc) is 2.37. The van der Waals surface area contributed by atoms with Gasteiger partial charge in [0.05, 0.1) is 5.25 Å². The molecule has 1 aromatic rings. The Balaban J connectivity index is 2.83. The summed E-state index contributed by atoms with van der Waals surface area (Å²) in [5.74, 6) is -0.940. The zero-order valence-electron chi connectivity index (χ0n) is 12.3. The highest BCUT2D eigenvalue weighted by Crippen LogP contribution is 2.17. The standard InChI is InChI=1S/C14H22N2O3S/c1-10(2)11(3)20(18,19)9-14(17)16(4)13-7-5-12(15)6-8-13/h5-8,10-11H,9,15H2,1-4H3. The Labute approximate surface area is 120 Å². The van der Waals surface area contributed by atoms with E-state index >= 15 is 0 Å². The van der Waals surface area contributed by atoms with E-state index in [1.54, 1.807) is 38.2 Å². The van der Waals surface area contributed by atoms with Crippen molar-refractivity contribution in [3.05, 3.63) is 24.3 Å². The first-order valence-electron chi connectivity index (χ1n) is 6.49. The Morgan fingerprint density at radius 3 is 2.15 bits per heavy atom. The zero-order chi connectivity index (χ0) is 15.5. The van der Waals surface area contributed by atoms with Crippen LogP contribution in [0.15, 0.2) is 24.3 Å². The van der Waals surface area contributed by atoms with E-state index in [2.05, 4.69) is 0 Å². The Morgan fingerprint density at radius 2 is 1.70 bits per heavy atom. The molecule has 0 spiro atoms. The first kappa shape index (κ1) is 16.5. The quantitative estimate of drug-likeness (QED) is 0.839. The Hall–Kier alpha value is -1.56. The summed E-state index contributed by atoms with van der Waals surface area (Å²) in [6.07, 6.45) is 0. The summed E-state index contributed by atoms with van der Waals surface area (Å²) >= 11 is 0. The number of carbonyl (C=O) groups is 1. The molecule has 0 fully saturated rings. The molecule has 1 rings (SSSR count). The van der Waals surface area contributed by atoms with Crippen LogP contribution in [-0.4, -0.2) is 32.4 Å². The van der Waals surface area contributed by atoms with Gasteiger partial charge in [-0.05, 0) is 37.1 Å². The van der Waals surface area contributed by atoms with Crippen LogP contribution in [0, 0.1) is 5.92 Å². The molecular formula is C14H22N2O3S. The Morgan fingerprint density at radius 1 is 1.20 bits per heavy atom. The first-order valence-corrected chi connectivity index (χ1v) is 8.20. The number of benzene rings is 1. The molecule has 2 N–H and O–H groups in total. The summed E-state index contributed by atoms with van der Waals surface area (Å²) < 4.78 is 24.2. The van der Waals surface area contributed by atoms with Crippen molar-refractivity contribution >= 4 is 27.1 Å². The monoisotopic (exact) mass is 298 g/mol. The number of rotatable bonds is 5. The van der Waals surface area contributed by atoms with Crippen LogP contribution in [0.4, 0.5) is 11.4 Å². The SMILES string of the molecule is CC(C)C(C)S(=O)(=O)CC(=O)N(C)c1ccc(N)cc1. The number of sulfone groups is 1.